The van der Waals surface area contributed by atoms with Crippen LogP contribution < -0.4 is 4.74 Å². The van der Waals surface area contributed by atoms with Crippen LogP contribution in [0.4, 0.5) is 0 Å². The Labute approximate surface area is 158 Å². The third kappa shape index (κ3) is 5.51. The number of carbonyl (C=O) groups is 1. The maximum Gasteiger partial charge on any atom is 0.260 e. The van der Waals surface area contributed by atoms with E-state index in [4.69, 9.17) is 26.9 Å². The highest BCUT2D eigenvalue weighted by Crippen LogP contribution is 2.30. The van der Waals surface area contributed by atoms with Crippen molar-refractivity contribution in [1.82, 2.24) is 4.90 Å². The Kier molecular flexibility index (Phi) is 7.49. The molecule has 0 unspecified atom stereocenters. The SMILES string of the molecule is N#CCCN(CCC#N)C(=O)COc1ccc(-c2ccccc2)cc1Cl. The highest BCUT2D eigenvalue weighted by atomic mass is 35.5. The summed E-state index contributed by atoms with van der Waals surface area (Å²) in [7, 11) is 0. The van der Waals surface area contributed by atoms with E-state index in [2.05, 4.69) is 0 Å². The molecule has 2 aromatic carbocycles. The number of ether oxygens (including phenoxy) is 1. The number of hydrogen-bond donors (Lipinski definition) is 0. The van der Waals surface area contributed by atoms with Gasteiger partial charge in [-0.2, -0.15) is 10.5 Å². The lowest BCUT2D eigenvalue weighted by Gasteiger charge is -2.20. The van der Waals surface area contributed by atoms with Crippen LogP contribution in [0.15, 0.2) is 48.5 Å². The zero-order valence-corrected chi connectivity index (χ0v) is 14.9. The Morgan fingerprint density at radius 3 is 2.23 bits per heavy atom. The average molecular weight is 368 g/mol. The van der Waals surface area contributed by atoms with Crippen molar-refractivity contribution >= 4 is 17.5 Å². The highest BCUT2D eigenvalue weighted by Gasteiger charge is 2.14. The number of amides is 1. The summed E-state index contributed by atoms with van der Waals surface area (Å²) in [6, 6.07) is 19.2. The van der Waals surface area contributed by atoms with E-state index in [0.29, 0.717) is 10.8 Å². The van der Waals surface area contributed by atoms with Crippen molar-refractivity contribution in [3.8, 4) is 29.0 Å². The largest absolute Gasteiger partial charge is 0.482 e. The zero-order chi connectivity index (χ0) is 18.8. The normalized spacial score (nSPS) is 9.81. The van der Waals surface area contributed by atoms with Crippen LogP contribution in [0.1, 0.15) is 12.8 Å². The Bertz CT molecular complexity index is 807. The van der Waals surface area contributed by atoms with Gasteiger partial charge in [-0.3, -0.25) is 4.79 Å². The fourth-order valence-electron chi connectivity index (χ4n) is 2.39. The maximum absolute atomic E-state index is 12.3. The topological polar surface area (TPSA) is 77.1 Å². The highest BCUT2D eigenvalue weighted by molar-refractivity contribution is 6.32. The van der Waals surface area contributed by atoms with Gasteiger partial charge in [0.25, 0.3) is 5.91 Å². The van der Waals surface area contributed by atoms with Gasteiger partial charge in [-0.25, -0.2) is 0 Å². The average Bonchev–Trinajstić information content (AvgIpc) is 2.67. The molecule has 0 radical (unpaired) electrons. The van der Waals surface area contributed by atoms with Crippen LogP contribution in [0.3, 0.4) is 0 Å². The summed E-state index contributed by atoms with van der Waals surface area (Å²) in [6.07, 6.45) is 0.424. The van der Waals surface area contributed by atoms with Gasteiger partial charge in [-0.05, 0) is 23.3 Å². The molecule has 2 rings (SSSR count). The minimum absolute atomic E-state index is 0.193. The van der Waals surface area contributed by atoms with E-state index in [1.807, 2.05) is 48.5 Å². The molecule has 0 aliphatic heterocycles. The van der Waals surface area contributed by atoms with Crippen molar-refractivity contribution < 1.29 is 9.53 Å². The first kappa shape index (κ1) is 19.3. The van der Waals surface area contributed by atoms with Gasteiger partial charge in [0.1, 0.15) is 5.75 Å². The summed E-state index contributed by atoms with van der Waals surface area (Å²) >= 11 is 6.27. The summed E-state index contributed by atoms with van der Waals surface area (Å²) in [5.74, 6) is 0.138. The molecule has 6 heteroatoms. The van der Waals surface area contributed by atoms with Gasteiger partial charge in [0.05, 0.1) is 30.0 Å². The van der Waals surface area contributed by atoms with Crippen molar-refractivity contribution in [2.45, 2.75) is 12.8 Å². The molecule has 0 N–H and O–H groups in total. The molecule has 0 spiro atoms. The fourth-order valence-corrected chi connectivity index (χ4v) is 2.63. The molecule has 0 atom stereocenters. The molecular formula is C20H18ClN3O2. The molecule has 2 aromatic rings. The minimum Gasteiger partial charge on any atom is -0.482 e. The molecular weight excluding hydrogens is 350 g/mol. The summed E-state index contributed by atoms with van der Waals surface area (Å²) < 4.78 is 5.54. The summed E-state index contributed by atoms with van der Waals surface area (Å²) in [5.41, 5.74) is 2.00. The molecule has 26 heavy (non-hydrogen) atoms. The second-order valence-corrected chi connectivity index (χ2v) is 5.90. The maximum atomic E-state index is 12.3. The quantitative estimate of drug-likeness (QED) is 0.705. The lowest BCUT2D eigenvalue weighted by Crippen LogP contribution is -2.36. The van der Waals surface area contributed by atoms with Crippen LogP contribution in [-0.4, -0.2) is 30.5 Å². The number of rotatable bonds is 8. The Morgan fingerprint density at radius 1 is 1.00 bits per heavy atom. The minimum atomic E-state index is -0.279. The molecule has 0 fully saturated rings. The van der Waals surface area contributed by atoms with Gasteiger partial charge in [0, 0.05) is 13.1 Å². The van der Waals surface area contributed by atoms with E-state index in [1.165, 1.54) is 4.90 Å². The predicted octanol–water partition coefficient (Wildman–Crippen LogP) is 4.04. The lowest BCUT2D eigenvalue weighted by atomic mass is 10.1. The van der Waals surface area contributed by atoms with Crippen LogP contribution in [0.25, 0.3) is 11.1 Å². The standard InChI is InChI=1S/C20H18ClN3O2/c21-18-14-17(16-6-2-1-3-7-16)8-9-19(18)26-15-20(25)24(12-4-10-22)13-5-11-23/h1-3,6-9,14H,4-5,12-13,15H2. The van der Waals surface area contributed by atoms with E-state index < -0.39 is 0 Å². The molecule has 0 aliphatic carbocycles. The van der Waals surface area contributed by atoms with Crippen molar-refractivity contribution in [2.24, 2.45) is 0 Å². The summed E-state index contributed by atoms with van der Waals surface area (Å²) in [6.45, 7) is 0.364. The Balaban J connectivity index is 2.00. The van der Waals surface area contributed by atoms with E-state index >= 15 is 0 Å². The number of nitrogens with zero attached hydrogens (tertiary/aromatic N) is 3. The number of hydrogen-bond acceptors (Lipinski definition) is 4. The number of carbonyl (C=O) groups excluding carboxylic acids is 1. The molecule has 1 amide bonds. The van der Waals surface area contributed by atoms with Crippen molar-refractivity contribution in [2.75, 3.05) is 19.7 Å². The second kappa shape index (κ2) is 10.1. The number of benzene rings is 2. The first-order valence-corrected chi connectivity index (χ1v) is 8.53. The van der Waals surface area contributed by atoms with Gasteiger partial charge < -0.3 is 9.64 Å². The number of nitriles is 2. The van der Waals surface area contributed by atoms with E-state index in [0.717, 1.165) is 11.1 Å². The molecule has 0 bridgehead atoms. The van der Waals surface area contributed by atoms with E-state index in [-0.39, 0.29) is 38.4 Å². The van der Waals surface area contributed by atoms with Crippen LogP contribution in [0.2, 0.25) is 5.02 Å². The Hall–Kier alpha value is -3.02. The van der Waals surface area contributed by atoms with Crippen molar-refractivity contribution in [3.63, 3.8) is 0 Å². The van der Waals surface area contributed by atoms with Crippen LogP contribution in [0.5, 0.6) is 5.75 Å². The molecule has 5 nitrogen and oxygen atoms in total. The summed E-state index contributed by atoms with van der Waals surface area (Å²) in [5, 5.41) is 17.8. The fraction of sp³-hybridized carbons (Fsp3) is 0.250. The van der Waals surface area contributed by atoms with Gasteiger partial charge in [-0.15, -0.1) is 0 Å². The number of halogens is 1. The third-order valence-electron chi connectivity index (χ3n) is 3.73. The van der Waals surface area contributed by atoms with Gasteiger partial charge in [-0.1, -0.05) is 48.0 Å². The molecule has 0 heterocycles. The third-order valence-corrected chi connectivity index (χ3v) is 4.03. The van der Waals surface area contributed by atoms with Crippen LogP contribution in [0, 0.1) is 22.7 Å². The molecule has 0 saturated carbocycles. The molecule has 0 aromatic heterocycles. The van der Waals surface area contributed by atoms with Gasteiger partial charge in [0.15, 0.2) is 6.61 Å². The van der Waals surface area contributed by atoms with Crippen LogP contribution >= 0.6 is 11.6 Å². The first-order valence-electron chi connectivity index (χ1n) is 8.15. The summed E-state index contributed by atoms with van der Waals surface area (Å²) in [4.78, 5) is 13.7. The molecule has 0 saturated heterocycles. The van der Waals surface area contributed by atoms with E-state index in [1.54, 1.807) is 12.1 Å². The first-order chi connectivity index (χ1) is 12.7. The van der Waals surface area contributed by atoms with Gasteiger partial charge in [0.2, 0.25) is 0 Å². The zero-order valence-electron chi connectivity index (χ0n) is 14.2. The molecule has 132 valence electrons. The van der Waals surface area contributed by atoms with Crippen molar-refractivity contribution in [1.29, 1.82) is 10.5 Å². The van der Waals surface area contributed by atoms with Crippen molar-refractivity contribution in [3.05, 3.63) is 53.6 Å². The predicted molar refractivity (Wildman–Crippen MR) is 99.4 cm³/mol. The van der Waals surface area contributed by atoms with Gasteiger partial charge >= 0.3 is 0 Å². The second-order valence-electron chi connectivity index (χ2n) is 5.50. The van der Waals surface area contributed by atoms with E-state index in [9.17, 15) is 4.79 Å². The van der Waals surface area contributed by atoms with Crippen LogP contribution in [-0.2, 0) is 4.79 Å². The lowest BCUT2D eigenvalue weighted by molar-refractivity contribution is -0.133. The molecule has 0 aliphatic rings. The Morgan fingerprint density at radius 2 is 1.65 bits per heavy atom. The smallest absolute Gasteiger partial charge is 0.260 e. The monoisotopic (exact) mass is 367 g/mol.